The lowest BCUT2D eigenvalue weighted by Crippen LogP contribution is -2.46. The molecule has 5 aromatic carbocycles. The first-order valence-corrected chi connectivity index (χ1v) is 20.6. The van der Waals surface area contributed by atoms with Crippen molar-refractivity contribution in [3.8, 4) is 17.6 Å². The fraction of sp³-hybridized carbons (Fsp3) is 0.233. The zero-order valence-corrected chi connectivity index (χ0v) is 32.3. The van der Waals surface area contributed by atoms with Crippen LogP contribution in [0.5, 0.6) is 5.75 Å². The van der Waals surface area contributed by atoms with E-state index in [1.165, 1.54) is 23.9 Å². The van der Waals surface area contributed by atoms with E-state index >= 15 is 0 Å². The molecule has 5 aromatic rings. The molecule has 1 amide bonds. The Labute approximate surface area is 330 Å². The monoisotopic (exact) mass is 798 g/mol. The molecule has 0 radical (unpaired) electrons. The van der Waals surface area contributed by atoms with Crippen LogP contribution in [-0.4, -0.2) is 64.3 Å². The number of carbonyl (C=O) groups is 1. The number of amides is 1. The SMILES string of the molecule is CCOc1cccc(C#Cc2ccccc2CN2CCN(c3ccc(C(=O)NS(=O)(=O)c4ccc(NCCSc5ccccc5)c(C(F)(F)F)c4)cc3)CC2)c1. The molecule has 0 saturated carbocycles. The Morgan fingerprint density at radius 3 is 2.30 bits per heavy atom. The predicted molar refractivity (Wildman–Crippen MR) is 216 cm³/mol. The van der Waals surface area contributed by atoms with Crippen LogP contribution in [-0.2, 0) is 22.7 Å². The first-order chi connectivity index (χ1) is 27.0. The van der Waals surface area contributed by atoms with Gasteiger partial charge in [0.05, 0.1) is 17.1 Å². The minimum Gasteiger partial charge on any atom is -0.494 e. The fourth-order valence-electron chi connectivity index (χ4n) is 6.17. The molecule has 1 saturated heterocycles. The summed E-state index contributed by atoms with van der Waals surface area (Å²) in [5, 5.41) is 2.76. The van der Waals surface area contributed by atoms with Crippen molar-refractivity contribution in [2.75, 3.05) is 55.3 Å². The smallest absolute Gasteiger partial charge is 0.418 e. The van der Waals surface area contributed by atoms with Gasteiger partial charge in [-0.3, -0.25) is 9.69 Å². The van der Waals surface area contributed by atoms with Crippen LogP contribution < -0.4 is 19.7 Å². The van der Waals surface area contributed by atoms with Gasteiger partial charge in [-0.2, -0.15) is 13.2 Å². The Morgan fingerprint density at radius 1 is 0.839 bits per heavy atom. The highest BCUT2D eigenvalue weighted by atomic mass is 32.2. The van der Waals surface area contributed by atoms with Crippen LogP contribution >= 0.6 is 11.8 Å². The maximum absolute atomic E-state index is 14.0. The highest BCUT2D eigenvalue weighted by Crippen LogP contribution is 2.36. The Balaban J connectivity index is 1.03. The summed E-state index contributed by atoms with van der Waals surface area (Å²) in [5.41, 5.74) is 2.52. The maximum Gasteiger partial charge on any atom is 0.418 e. The van der Waals surface area contributed by atoms with Crippen molar-refractivity contribution in [2.24, 2.45) is 0 Å². The van der Waals surface area contributed by atoms with Gasteiger partial charge in [0.2, 0.25) is 0 Å². The molecule has 6 rings (SSSR count). The van der Waals surface area contributed by atoms with Crippen LogP contribution in [0.2, 0.25) is 0 Å². The molecule has 13 heteroatoms. The number of thioether (sulfide) groups is 1. The number of hydrogen-bond donors (Lipinski definition) is 2. The standard InChI is InChI=1S/C43H41F3N4O4S2/c1-2-54-37-12-8-9-32(29-37)15-16-33-10-6-7-11-35(33)31-49-24-26-50(27-25-49)36-19-17-34(18-20-36)42(51)48-56(52,53)39-21-22-41(40(30-39)43(44,45)46)47-23-28-55-38-13-4-3-5-14-38/h3-14,17-22,29-30,47H,2,23-28,31H2,1H3,(H,48,51). The lowest BCUT2D eigenvalue weighted by molar-refractivity contribution is -0.137. The predicted octanol–water partition coefficient (Wildman–Crippen LogP) is 8.15. The summed E-state index contributed by atoms with van der Waals surface area (Å²) in [7, 11) is -4.62. The molecule has 0 atom stereocenters. The van der Waals surface area contributed by atoms with Crippen LogP contribution in [0.1, 0.15) is 39.5 Å². The van der Waals surface area contributed by atoms with E-state index in [0.717, 1.165) is 77.9 Å². The van der Waals surface area contributed by atoms with Gasteiger partial charge in [-0.25, -0.2) is 13.1 Å². The largest absolute Gasteiger partial charge is 0.494 e. The molecule has 0 unspecified atom stereocenters. The van der Waals surface area contributed by atoms with Gasteiger partial charge in [0.25, 0.3) is 15.9 Å². The van der Waals surface area contributed by atoms with E-state index in [4.69, 9.17) is 4.74 Å². The van der Waals surface area contributed by atoms with E-state index in [2.05, 4.69) is 33.0 Å². The highest BCUT2D eigenvalue weighted by molar-refractivity contribution is 7.99. The number of piperazine rings is 1. The number of benzene rings is 5. The molecule has 1 fully saturated rings. The first-order valence-electron chi connectivity index (χ1n) is 18.1. The number of nitrogens with zero attached hydrogens (tertiary/aromatic N) is 2. The van der Waals surface area contributed by atoms with Crippen LogP contribution in [0.3, 0.4) is 0 Å². The Kier molecular flexibility index (Phi) is 13.3. The molecule has 56 heavy (non-hydrogen) atoms. The number of hydrogen-bond acceptors (Lipinski definition) is 8. The molecular weight excluding hydrogens is 758 g/mol. The molecule has 1 heterocycles. The third-order valence-corrected chi connectivity index (χ3v) is 11.4. The van der Waals surface area contributed by atoms with Crippen LogP contribution in [0, 0.1) is 11.8 Å². The first kappa shape index (κ1) is 40.2. The minimum absolute atomic E-state index is 0.0588. The van der Waals surface area contributed by atoms with Crippen molar-refractivity contribution >= 4 is 39.1 Å². The summed E-state index contributed by atoms with van der Waals surface area (Å²) in [6.45, 7) is 6.54. The normalized spacial score (nSPS) is 13.4. The summed E-state index contributed by atoms with van der Waals surface area (Å²) < 4.78 is 75.8. The van der Waals surface area contributed by atoms with Gasteiger partial charge in [-0.1, -0.05) is 54.3 Å². The lowest BCUT2D eigenvalue weighted by atomic mass is 10.1. The highest BCUT2D eigenvalue weighted by Gasteiger charge is 2.35. The number of halogens is 3. The summed E-state index contributed by atoms with van der Waals surface area (Å²) in [6.07, 6.45) is -4.83. The average molecular weight is 799 g/mol. The number of anilines is 2. The molecule has 0 spiro atoms. The van der Waals surface area contributed by atoms with Gasteiger partial charge >= 0.3 is 6.18 Å². The van der Waals surface area contributed by atoms with Gasteiger partial charge in [-0.15, -0.1) is 11.8 Å². The maximum atomic E-state index is 14.0. The quantitative estimate of drug-likeness (QED) is 0.0702. The average Bonchev–Trinajstić information content (AvgIpc) is 3.20. The Morgan fingerprint density at radius 2 is 1.57 bits per heavy atom. The summed E-state index contributed by atoms with van der Waals surface area (Å²) >= 11 is 1.48. The van der Waals surface area contributed by atoms with Gasteiger partial charge in [-0.05, 0) is 91.3 Å². The number of rotatable bonds is 13. The van der Waals surface area contributed by atoms with Crippen molar-refractivity contribution in [1.29, 1.82) is 0 Å². The molecule has 8 nitrogen and oxygen atoms in total. The van der Waals surface area contributed by atoms with Gasteiger partial charge in [0.15, 0.2) is 0 Å². The molecule has 0 aromatic heterocycles. The molecule has 290 valence electrons. The topological polar surface area (TPSA) is 91.0 Å². The Bertz CT molecular complexity index is 2290. The van der Waals surface area contributed by atoms with Crippen LogP contribution in [0.4, 0.5) is 24.5 Å². The van der Waals surface area contributed by atoms with E-state index in [9.17, 15) is 26.4 Å². The lowest BCUT2D eigenvalue weighted by Gasteiger charge is -2.36. The van der Waals surface area contributed by atoms with Crippen molar-refractivity contribution in [3.05, 3.63) is 149 Å². The van der Waals surface area contributed by atoms with Gasteiger partial charge in [0.1, 0.15) is 5.75 Å². The van der Waals surface area contributed by atoms with Crippen molar-refractivity contribution in [2.45, 2.75) is 29.4 Å². The van der Waals surface area contributed by atoms with Gasteiger partial charge < -0.3 is 15.0 Å². The number of nitrogens with one attached hydrogen (secondary N) is 2. The second-order valence-electron chi connectivity index (χ2n) is 12.9. The number of carbonyl (C=O) groups excluding carboxylic acids is 1. The second-order valence-corrected chi connectivity index (χ2v) is 15.8. The third kappa shape index (κ3) is 10.9. The molecular formula is C43H41F3N4O4S2. The number of sulfonamides is 1. The van der Waals surface area contributed by atoms with Crippen molar-refractivity contribution < 1.29 is 31.1 Å². The summed E-state index contributed by atoms with van der Waals surface area (Å²) in [5.74, 6) is 6.92. The minimum atomic E-state index is -4.83. The molecule has 0 bridgehead atoms. The zero-order valence-electron chi connectivity index (χ0n) is 30.7. The molecule has 2 N–H and O–H groups in total. The van der Waals surface area contributed by atoms with E-state index in [0.29, 0.717) is 18.4 Å². The van der Waals surface area contributed by atoms with Crippen LogP contribution in [0.15, 0.2) is 131 Å². The van der Waals surface area contributed by atoms with E-state index < -0.39 is 32.6 Å². The van der Waals surface area contributed by atoms with Gasteiger partial charge in [0, 0.05) is 78.0 Å². The van der Waals surface area contributed by atoms with Crippen LogP contribution in [0.25, 0.3) is 0 Å². The van der Waals surface area contributed by atoms with E-state index in [1.54, 1.807) is 12.1 Å². The van der Waals surface area contributed by atoms with E-state index in [1.807, 2.05) is 84.4 Å². The zero-order chi connectivity index (χ0) is 39.5. The van der Waals surface area contributed by atoms with Crippen molar-refractivity contribution in [3.63, 3.8) is 0 Å². The van der Waals surface area contributed by atoms with Crippen molar-refractivity contribution in [1.82, 2.24) is 9.62 Å². The summed E-state index contributed by atoms with van der Waals surface area (Å²) in [4.78, 5) is 17.9. The third-order valence-electron chi connectivity index (χ3n) is 9.03. The molecule has 1 aliphatic rings. The molecule has 0 aliphatic carbocycles. The summed E-state index contributed by atoms with van der Waals surface area (Å²) in [6, 6.07) is 34.4. The Hall–Kier alpha value is -5.42. The second kappa shape index (κ2) is 18.5. The molecule has 1 aliphatic heterocycles. The number of alkyl halides is 3. The fourth-order valence-corrected chi connectivity index (χ4v) is 7.96. The van der Waals surface area contributed by atoms with E-state index in [-0.39, 0.29) is 17.8 Å². The number of ether oxygens (including phenoxy) is 1.